The summed E-state index contributed by atoms with van der Waals surface area (Å²) in [6.07, 6.45) is 0. The molecule has 0 amide bonds. The third-order valence-corrected chi connectivity index (χ3v) is 1.00. The van der Waals surface area contributed by atoms with Gasteiger partial charge in [0.25, 0.3) is 0 Å². The number of nitrogens with zero attached hydrogens (tertiary/aromatic N) is 1. The van der Waals surface area contributed by atoms with Crippen molar-refractivity contribution in [3.8, 4) is 0 Å². The van der Waals surface area contributed by atoms with Gasteiger partial charge < -0.3 is 5.11 Å². The second-order valence-corrected chi connectivity index (χ2v) is 3.08. The van der Waals surface area contributed by atoms with Crippen molar-refractivity contribution in [3.05, 3.63) is 0 Å². The minimum absolute atomic E-state index is 0.287. The van der Waals surface area contributed by atoms with E-state index in [2.05, 4.69) is 0 Å². The van der Waals surface area contributed by atoms with Crippen molar-refractivity contribution in [2.24, 2.45) is 0 Å². The third-order valence-electron chi connectivity index (χ3n) is 1.00. The first kappa shape index (κ1) is 9.36. The highest BCUT2D eigenvalue weighted by Crippen LogP contribution is 2.12. The lowest BCUT2D eigenvalue weighted by Crippen LogP contribution is -2.38. The highest BCUT2D eigenvalue weighted by atomic mass is 19.2. The zero-order chi connectivity index (χ0) is 8.36. The van der Waals surface area contributed by atoms with E-state index in [1.807, 2.05) is 0 Å². The van der Waals surface area contributed by atoms with Crippen LogP contribution in [0.5, 0.6) is 0 Å². The average Bonchev–Trinajstić information content (AvgIpc) is 1.60. The molecule has 10 heavy (non-hydrogen) atoms. The second kappa shape index (κ2) is 2.96. The first-order chi connectivity index (χ1) is 4.34. The summed E-state index contributed by atoms with van der Waals surface area (Å²) >= 11 is 0. The molecule has 0 heterocycles. The van der Waals surface area contributed by atoms with E-state index in [4.69, 9.17) is 5.11 Å². The molecule has 0 saturated heterocycles. The van der Waals surface area contributed by atoms with E-state index in [9.17, 15) is 9.28 Å². The van der Waals surface area contributed by atoms with E-state index in [1.54, 1.807) is 20.8 Å². The minimum atomic E-state index is -1.16. The van der Waals surface area contributed by atoms with Gasteiger partial charge in [-0.2, -0.15) is 0 Å². The fourth-order valence-corrected chi connectivity index (χ4v) is 0.356. The van der Waals surface area contributed by atoms with Crippen LogP contribution < -0.4 is 0 Å². The molecule has 0 rings (SSSR count). The van der Waals surface area contributed by atoms with Crippen LogP contribution in [0, 0.1) is 0 Å². The van der Waals surface area contributed by atoms with E-state index >= 15 is 0 Å². The molecule has 0 aromatic carbocycles. The van der Waals surface area contributed by atoms with Crippen molar-refractivity contribution < 1.29 is 14.4 Å². The van der Waals surface area contributed by atoms with Gasteiger partial charge in [0, 0.05) is 5.54 Å². The summed E-state index contributed by atoms with van der Waals surface area (Å²) in [6.45, 7) is 4.26. The quantitative estimate of drug-likeness (QED) is 0.597. The summed E-state index contributed by atoms with van der Waals surface area (Å²) in [5.41, 5.74) is -0.724. The van der Waals surface area contributed by atoms with Gasteiger partial charge in [-0.15, -0.1) is 9.60 Å². The lowest BCUT2D eigenvalue weighted by atomic mass is 10.1. The number of rotatable bonds is 2. The molecule has 0 aromatic heterocycles. The summed E-state index contributed by atoms with van der Waals surface area (Å²) in [5.74, 6) is -1.16. The van der Waals surface area contributed by atoms with Crippen LogP contribution in [-0.4, -0.2) is 28.3 Å². The Hall–Kier alpha value is -0.640. The first-order valence-corrected chi connectivity index (χ1v) is 2.99. The van der Waals surface area contributed by atoms with Crippen LogP contribution >= 0.6 is 0 Å². The maximum absolute atomic E-state index is 12.6. The predicted octanol–water partition coefficient (Wildman–Crippen LogP) is 1.06. The Morgan fingerprint density at radius 2 is 2.00 bits per heavy atom. The van der Waals surface area contributed by atoms with Gasteiger partial charge in [-0.3, -0.25) is 4.79 Å². The molecule has 0 aromatic rings. The summed E-state index contributed by atoms with van der Waals surface area (Å²) in [5, 5.41) is 8.45. The van der Waals surface area contributed by atoms with Crippen LogP contribution in [0.1, 0.15) is 20.8 Å². The van der Waals surface area contributed by atoms with Crippen molar-refractivity contribution in [1.29, 1.82) is 0 Å². The minimum Gasteiger partial charge on any atom is -0.480 e. The second-order valence-electron chi connectivity index (χ2n) is 3.08. The summed E-state index contributed by atoms with van der Waals surface area (Å²) in [6, 6.07) is 0. The van der Waals surface area contributed by atoms with Crippen LogP contribution in [0.4, 0.5) is 4.48 Å². The van der Waals surface area contributed by atoms with E-state index in [-0.39, 0.29) is 5.12 Å². The molecule has 0 aliphatic heterocycles. The molecule has 0 aliphatic carbocycles. The zero-order valence-corrected chi connectivity index (χ0v) is 6.39. The monoisotopic (exact) mass is 149 g/mol. The first-order valence-electron chi connectivity index (χ1n) is 2.99. The number of carboxylic acid groups (broad SMARTS) is 1. The Kier molecular flexibility index (Phi) is 2.77. The largest absolute Gasteiger partial charge is 0.480 e. The van der Waals surface area contributed by atoms with Crippen LogP contribution in [0.2, 0.25) is 0 Å². The van der Waals surface area contributed by atoms with Crippen LogP contribution in [0.25, 0.3) is 0 Å². The zero-order valence-electron chi connectivity index (χ0n) is 6.39. The van der Waals surface area contributed by atoms with Crippen LogP contribution in [0.3, 0.4) is 0 Å². The van der Waals surface area contributed by atoms with Gasteiger partial charge in [0.2, 0.25) is 0 Å². The number of carboxylic acids is 1. The van der Waals surface area contributed by atoms with Gasteiger partial charge in [-0.25, -0.2) is 0 Å². The standard InChI is InChI=1S/C6H12FNO2/c1-6(2,3)8(7)4-5(9)10/h4H2,1-3H3,(H,9,10). The lowest BCUT2D eigenvalue weighted by molar-refractivity contribution is -0.148. The Morgan fingerprint density at radius 3 is 2.10 bits per heavy atom. The summed E-state index contributed by atoms with van der Waals surface area (Å²) < 4.78 is 12.6. The highest BCUT2D eigenvalue weighted by molar-refractivity contribution is 5.68. The molecular formula is C6H12FNO2. The van der Waals surface area contributed by atoms with Crippen LogP contribution in [-0.2, 0) is 4.79 Å². The Bertz CT molecular complexity index is 130. The van der Waals surface area contributed by atoms with Gasteiger partial charge in [0.1, 0.15) is 6.54 Å². The number of halogens is 1. The fraction of sp³-hybridized carbons (Fsp3) is 0.833. The normalized spacial score (nSPS) is 12.1. The maximum atomic E-state index is 12.6. The van der Waals surface area contributed by atoms with E-state index < -0.39 is 18.1 Å². The van der Waals surface area contributed by atoms with Crippen molar-refractivity contribution in [2.45, 2.75) is 26.3 Å². The average molecular weight is 149 g/mol. The molecule has 0 radical (unpaired) electrons. The van der Waals surface area contributed by atoms with E-state index in [1.165, 1.54) is 0 Å². The van der Waals surface area contributed by atoms with Crippen LogP contribution in [0.15, 0.2) is 0 Å². The molecule has 0 saturated carbocycles. The van der Waals surface area contributed by atoms with Gasteiger partial charge in [0.05, 0.1) is 0 Å². The Labute approximate surface area is 59.4 Å². The van der Waals surface area contributed by atoms with Crippen molar-refractivity contribution in [1.82, 2.24) is 5.12 Å². The lowest BCUT2D eigenvalue weighted by Gasteiger charge is -2.24. The maximum Gasteiger partial charge on any atom is 0.320 e. The Morgan fingerprint density at radius 1 is 1.60 bits per heavy atom. The molecule has 1 N–H and O–H groups in total. The number of aliphatic carboxylic acids is 1. The van der Waals surface area contributed by atoms with E-state index in [0.29, 0.717) is 0 Å². The third kappa shape index (κ3) is 3.40. The highest BCUT2D eigenvalue weighted by Gasteiger charge is 2.22. The van der Waals surface area contributed by atoms with E-state index in [0.717, 1.165) is 0 Å². The summed E-state index contributed by atoms with van der Waals surface area (Å²) in [7, 11) is 0. The smallest absolute Gasteiger partial charge is 0.320 e. The molecule has 0 aliphatic rings. The number of hydrogen-bond acceptors (Lipinski definition) is 2. The predicted molar refractivity (Wildman–Crippen MR) is 35.2 cm³/mol. The fourth-order valence-electron chi connectivity index (χ4n) is 0.356. The molecule has 0 unspecified atom stereocenters. The molecular weight excluding hydrogens is 137 g/mol. The molecule has 3 nitrogen and oxygen atoms in total. The van der Waals surface area contributed by atoms with Gasteiger partial charge in [0.15, 0.2) is 0 Å². The molecule has 4 heteroatoms. The molecule has 0 atom stereocenters. The van der Waals surface area contributed by atoms with Gasteiger partial charge in [-0.1, -0.05) is 0 Å². The summed E-state index contributed by atoms with van der Waals surface area (Å²) in [4.78, 5) is 9.97. The number of carbonyl (C=O) groups is 1. The van der Waals surface area contributed by atoms with Crippen molar-refractivity contribution >= 4 is 5.97 Å². The number of hydrogen-bond donors (Lipinski definition) is 1. The van der Waals surface area contributed by atoms with Gasteiger partial charge in [-0.05, 0) is 20.8 Å². The van der Waals surface area contributed by atoms with Crippen molar-refractivity contribution in [2.75, 3.05) is 6.54 Å². The molecule has 60 valence electrons. The molecule has 0 spiro atoms. The van der Waals surface area contributed by atoms with Crippen molar-refractivity contribution in [3.63, 3.8) is 0 Å². The molecule has 0 fully saturated rings. The molecule has 0 bridgehead atoms. The topological polar surface area (TPSA) is 40.5 Å². The van der Waals surface area contributed by atoms with Gasteiger partial charge >= 0.3 is 5.97 Å². The SMILES string of the molecule is CC(C)(C)N(F)CC(=O)O. The Balaban J connectivity index is 3.85.